The Bertz CT molecular complexity index is 1240. The second-order valence-corrected chi connectivity index (χ2v) is 8.38. The van der Waals surface area contributed by atoms with Crippen molar-refractivity contribution >= 4 is 22.4 Å². The van der Waals surface area contributed by atoms with Crippen molar-refractivity contribution in [3.63, 3.8) is 0 Å². The van der Waals surface area contributed by atoms with Crippen LogP contribution >= 0.6 is 0 Å². The minimum Gasteiger partial charge on any atom is -0.496 e. The molecule has 1 aliphatic carbocycles. The van der Waals surface area contributed by atoms with Gasteiger partial charge in [-0.1, -0.05) is 38.0 Å². The number of nitro benzene ring substituents is 1. The molecule has 2 fully saturated rings. The van der Waals surface area contributed by atoms with E-state index < -0.39 is 0 Å². The summed E-state index contributed by atoms with van der Waals surface area (Å²) in [4.78, 5) is 22.5. The molecule has 7 nitrogen and oxygen atoms in total. The molecule has 5 rings (SSSR count). The molecule has 0 spiro atoms. The molecule has 0 N–H and O–H groups in total. The van der Waals surface area contributed by atoms with Crippen LogP contribution in [-0.2, 0) is 0 Å². The molecule has 2 aromatic carbocycles. The van der Waals surface area contributed by atoms with Crippen molar-refractivity contribution in [2.24, 2.45) is 5.92 Å². The van der Waals surface area contributed by atoms with Crippen LogP contribution in [0.1, 0.15) is 56.8 Å². The highest BCUT2D eigenvalue weighted by molar-refractivity contribution is 5.91. The molecular weight excluding hydrogens is 428 g/mol. The average molecular weight is 459 g/mol. The zero-order valence-corrected chi connectivity index (χ0v) is 20.0. The molecule has 0 bridgehead atoms. The number of rotatable bonds is 4. The summed E-state index contributed by atoms with van der Waals surface area (Å²) in [5, 5.41) is 12.1. The van der Waals surface area contributed by atoms with Gasteiger partial charge in [0.25, 0.3) is 5.69 Å². The van der Waals surface area contributed by atoms with Crippen molar-refractivity contribution in [1.29, 1.82) is 0 Å². The zero-order chi connectivity index (χ0) is 24.1. The first-order valence-electron chi connectivity index (χ1n) is 12.0. The van der Waals surface area contributed by atoms with Crippen molar-refractivity contribution < 1.29 is 9.66 Å². The number of fused-ring (bicyclic) bond motifs is 1. The molecule has 1 aromatic heterocycles. The van der Waals surface area contributed by atoms with Gasteiger partial charge in [0.05, 0.1) is 17.5 Å². The molecular formula is C27H30N4O3. The highest BCUT2D eigenvalue weighted by Gasteiger charge is 2.26. The summed E-state index contributed by atoms with van der Waals surface area (Å²) >= 11 is 0. The molecule has 0 atom stereocenters. The van der Waals surface area contributed by atoms with E-state index >= 15 is 0 Å². The van der Waals surface area contributed by atoms with E-state index in [9.17, 15) is 10.1 Å². The van der Waals surface area contributed by atoms with Crippen LogP contribution in [0.4, 0.5) is 11.5 Å². The van der Waals surface area contributed by atoms with Gasteiger partial charge in [-0.2, -0.15) is 0 Å². The first kappa shape index (κ1) is 23.5. The van der Waals surface area contributed by atoms with Gasteiger partial charge in [0.1, 0.15) is 11.6 Å². The van der Waals surface area contributed by atoms with E-state index in [1.165, 1.54) is 11.6 Å². The minimum atomic E-state index is -0.377. The van der Waals surface area contributed by atoms with Crippen LogP contribution in [0, 0.1) is 27.9 Å². The lowest BCUT2D eigenvalue weighted by Gasteiger charge is -2.34. The summed E-state index contributed by atoms with van der Waals surface area (Å²) in [6, 6.07) is 12.9. The number of non-ortho nitro benzene ring substituents is 1. The summed E-state index contributed by atoms with van der Waals surface area (Å²) < 4.78 is 5.56. The standard InChI is InChI=1S/C25H24N4O3.C2H6/c1-32-23-5-3-2-4-20(23)18-12-14-28(15-13-18)25-21-16-19(29(30)31)9-10-22(21)26-24(27-25)11-8-17-6-7-17;1-2/h2-5,9-10,16-18H,6-7,12-15H2,1H3;1-2H3. The average Bonchev–Trinajstić information content (AvgIpc) is 3.72. The van der Waals surface area contributed by atoms with E-state index in [2.05, 4.69) is 27.8 Å². The van der Waals surface area contributed by atoms with Crippen molar-refractivity contribution in [1.82, 2.24) is 9.97 Å². The number of methoxy groups -OCH3 is 1. The molecule has 0 unspecified atom stereocenters. The van der Waals surface area contributed by atoms with E-state index in [-0.39, 0.29) is 10.6 Å². The second kappa shape index (κ2) is 10.5. The second-order valence-electron chi connectivity index (χ2n) is 8.38. The van der Waals surface area contributed by atoms with Gasteiger partial charge < -0.3 is 9.64 Å². The topological polar surface area (TPSA) is 81.4 Å². The van der Waals surface area contributed by atoms with Crippen molar-refractivity contribution in [2.45, 2.75) is 45.4 Å². The van der Waals surface area contributed by atoms with Crippen molar-refractivity contribution in [3.8, 4) is 17.6 Å². The zero-order valence-electron chi connectivity index (χ0n) is 20.0. The first-order valence-corrected chi connectivity index (χ1v) is 12.0. The largest absolute Gasteiger partial charge is 0.496 e. The molecule has 2 heterocycles. The fraction of sp³-hybridized carbons (Fsp3) is 0.407. The Morgan fingerprint density at radius 3 is 2.47 bits per heavy atom. The maximum absolute atomic E-state index is 11.4. The summed E-state index contributed by atoms with van der Waals surface area (Å²) in [7, 11) is 1.71. The fourth-order valence-corrected chi connectivity index (χ4v) is 4.31. The van der Waals surface area contributed by atoms with Crippen molar-refractivity contribution in [2.75, 3.05) is 25.1 Å². The van der Waals surface area contributed by atoms with E-state index in [4.69, 9.17) is 9.72 Å². The van der Waals surface area contributed by atoms with Gasteiger partial charge in [-0.15, -0.1) is 0 Å². The lowest BCUT2D eigenvalue weighted by Crippen LogP contribution is -2.34. The molecule has 0 radical (unpaired) electrons. The van der Waals surface area contributed by atoms with Gasteiger partial charge in [0.2, 0.25) is 5.82 Å². The Hall–Kier alpha value is -3.66. The normalized spacial score (nSPS) is 15.7. The Morgan fingerprint density at radius 2 is 1.79 bits per heavy atom. The number of benzene rings is 2. The maximum atomic E-state index is 11.4. The van der Waals surface area contributed by atoms with E-state index in [0.717, 1.165) is 50.3 Å². The molecule has 176 valence electrons. The quantitative estimate of drug-likeness (QED) is 0.283. The van der Waals surface area contributed by atoms with Crippen LogP contribution in [0.5, 0.6) is 5.75 Å². The number of anilines is 1. The van der Waals surface area contributed by atoms with Crippen molar-refractivity contribution in [3.05, 3.63) is 64.0 Å². The summed E-state index contributed by atoms with van der Waals surface area (Å²) in [6.45, 7) is 5.60. The van der Waals surface area contributed by atoms with Crippen LogP contribution in [0.25, 0.3) is 10.9 Å². The van der Waals surface area contributed by atoms with Gasteiger partial charge in [0, 0.05) is 36.5 Å². The molecule has 34 heavy (non-hydrogen) atoms. The SMILES string of the molecule is CC.COc1ccccc1C1CCN(c2nc(C#CC3CC3)nc3ccc([N+](=O)[O-])cc23)CC1. The van der Waals surface area contributed by atoms with E-state index in [0.29, 0.717) is 28.6 Å². The summed E-state index contributed by atoms with van der Waals surface area (Å²) in [5.41, 5.74) is 1.96. The number of hydrogen-bond acceptors (Lipinski definition) is 6. The predicted octanol–water partition coefficient (Wildman–Crippen LogP) is 5.72. The molecule has 1 saturated carbocycles. The van der Waals surface area contributed by atoms with Gasteiger partial charge in [-0.05, 0) is 55.2 Å². The third-order valence-corrected chi connectivity index (χ3v) is 6.21. The highest BCUT2D eigenvalue weighted by Crippen LogP contribution is 2.37. The Kier molecular flexibility index (Phi) is 7.27. The van der Waals surface area contributed by atoms with Crippen LogP contribution in [0.2, 0.25) is 0 Å². The maximum Gasteiger partial charge on any atom is 0.270 e. The number of hydrogen-bond donors (Lipinski definition) is 0. The van der Waals surface area contributed by atoms with Gasteiger partial charge in [-0.3, -0.25) is 10.1 Å². The minimum absolute atomic E-state index is 0.0445. The summed E-state index contributed by atoms with van der Waals surface area (Å²) in [5.74, 6) is 9.33. The lowest BCUT2D eigenvalue weighted by atomic mass is 9.88. The molecule has 7 heteroatoms. The highest BCUT2D eigenvalue weighted by atomic mass is 16.6. The smallest absolute Gasteiger partial charge is 0.270 e. The van der Waals surface area contributed by atoms with E-state index in [1.54, 1.807) is 19.2 Å². The van der Waals surface area contributed by atoms with Gasteiger partial charge >= 0.3 is 0 Å². The molecule has 2 aliphatic rings. The number of nitro groups is 1. The number of piperidine rings is 1. The lowest BCUT2D eigenvalue weighted by molar-refractivity contribution is -0.384. The van der Waals surface area contributed by atoms with Crippen LogP contribution in [0.3, 0.4) is 0 Å². The number of aromatic nitrogens is 2. The van der Waals surface area contributed by atoms with Crippen LogP contribution in [0.15, 0.2) is 42.5 Å². The fourth-order valence-electron chi connectivity index (χ4n) is 4.31. The van der Waals surface area contributed by atoms with Crippen LogP contribution < -0.4 is 9.64 Å². The Morgan fingerprint density at radius 1 is 1.06 bits per heavy atom. The Balaban J connectivity index is 0.00000133. The van der Waals surface area contributed by atoms with Gasteiger partial charge in [0.15, 0.2) is 0 Å². The molecule has 3 aromatic rings. The number of para-hydroxylation sites is 1. The molecule has 1 aliphatic heterocycles. The summed E-state index contributed by atoms with van der Waals surface area (Å²) in [6.07, 6.45) is 4.17. The predicted molar refractivity (Wildman–Crippen MR) is 134 cm³/mol. The third kappa shape index (κ3) is 5.12. The van der Waals surface area contributed by atoms with Crippen LogP contribution in [-0.4, -0.2) is 35.1 Å². The monoisotopic (exact) mass is 458 g/mol. The first-order chi connectivity index (χ1) is 16.6. The van der Waals surface area contributed by atoms with E-state index in [1.807, 2.05) is 32.0 Å². The number of nitrogens with zero attached hydrogens (tertiary/aromatic N) is 4. The van der Waals surface area contributed by atoms with Gasteiger partial charge in [-0.25, -0.2) is 9.97 Å². The number of ether oxygens (including phenoxy) is 1. The molecule has 0 amide bonds. The third-order valence-electron chi connectivity index (χ3n) is 6.21. The Labute approximate surface area is 200 Å². The molecule has 1 saturated heterocycles.